The number of carbonyl (C=O) groups is 1. The number of likely N-dealkylation sites (N-methyl/N-ethyl adjacent to an activating group) is 1. The first-order valence-corrected chi connectivity index (χ1v) is 8.67. The normalized spacial score (nSPS) is 28.2. The van der Waals surface area contributed by atoms with Gasteiger partial charge in [-0.05, 0) is 78.8 Å². The number of Topliss-reactive ketones (excluding diaryl/α,β-unsaturated/α-hetero) is 1. The van der Waals surface area contributed by atoms with Gasteiger partial charge in [0.2, 0.25) is 0 Å². The molecule has 0 aromatic heterocycles. The van der Waals surface area contributed by atoms with Gasteiger partial charge in [-0.1, -0.05) is 18.6 Å². The summed E-state index contributed by atoms with van der Waals surface area (Å²) in [6.45, 7) is 1.64. The summed E-state index contributed by atoms with van der Waals surface area (Å²) in [5.41, 5.74) is 0.838. The molecule has 1 aromatic carbocycles. The monoisotopic (exact) mass is 383 g/mol. The highest BCUT2D eigenvalue weighted by molar-refractivity contribution is 14.1. The van der Waals surface area contributed by atoms with Crippen LogP contribution in [0.4, 0.5) is 0 Å². The smallest absolute Gasteiger partial charge is 0.176 e. The third-order valence-corrected chi connectivity index (χ3v) is 5.73. The van der Waals surface area contributed by atoms with Gasteiger partial charge in [0.25, 0.3) is 0 Å². The minimum absolute atomic E-state index is 0.243. The maximum absolute atomic E-state index is 12.3. The van der Waals surface area contributed by atoms with Crippen LogP contribution in [0.5, 0.6) is 0 Å². The van der Waals surface area contributed by atoms with E-state index in [1.54, 1.807) is 0 Å². The summed E-state index contributed by atoms with van der Waals surface area (Å²) in [5.74, 6) is 3.01. The van der Waals surface area contributed by atoms with E-state index in [2.05, 4.69) is 34.5 Å². The minimum Gasteiger partial charge on any atom is -0.299 e. The predicted molar refractivity (Wildman–Crippen MR) is 89.9 cm³/mol. The molecular formula is C17H22INO. The molecule has 2 aliphatic carbocycles. The fraction of sp³-hybridized carbons (Fsp3) is 0.588. The third-order valence-electron chi connectivity index (χ3n) is 5.01. The molecule has 1 aromatic rings. The highest BCUT2D eigenvalue weighted by atomic mass is 127. The van der Waals surface area contributed by atoms with E-state index in [-0.39, 0.29) is 5.78 Å². The fourth-order valence-corrected chi connectivity index (χ4v) is 4.40. The molecule has 0 amide bonds. The Kier molecular flexibility index (Phi) is 4.46. The van der Waals surface area contributed by atoms with Crippen LogP contribution in [0.1, 0.15) is 36.0 Å². The second-order valence-corrected chi connectivity index (χ2v) is 7.81. The standard InChI is InChI=1S/C17H22INO/c1-19(10-15-9-12-2-3-14(15)8-12)11-17(20)13-4-6-16(18)7-5-13/h4-7,12,14-15H,2-3,8-11H2,1H3. The first kappa shape index (κ1) is 14.5. The summed E-state index contributed by atoms with van der Waals surface area (Å²) >= 11 is 2.27. The van der Waals surface area contributed by atoms with Crippen molar-refractivity contribution in [2.45, 2.75) is 25.7 Å². The summed E-state index contributed by atoms with van der Waals surface area (Å²) in [4.78, 5) is 14.5. The zero-order chi connectivity index (χ0) is 14.1. The van der Waals surface area contributed by atoms with Gasteiger partial charge in [0.15, 0.2) is 5.78 Å². The van der Waals surface area contributed by atoms with Gasteiger partial charge in [-0.25, -0.2) is 0 Å². The van der Waals surface area contributed by atoms with E-state index >= 15 is 0 Å². The molecule has 0 N–H and O–H groups in total. The Morgan fingerprint density at radius 2 is 2.00 bits per heavy atom. The van der Waals surface area contributed by atoms with E-state index in [1.807, 2.05) is 24.3 Å². The topological polar surface area (TPSA) is 20.3 Å². The predicted octanol–water partition coefficient (Wildman–Crippen LogP) is 3.84. The molecule has 0 spiro atoms. The lowest BCUT2D eigenvalue weighted by Gasteiger charge is -2.26. The fourth-order valence-electron chi connectivity index (χ4n) is 4.04. The summed E-state index contributed by atoms with van der Waals surface area (Å²) in [5, 5.41) is 0. The average Bonchev–Trinajstić information content (AvgIpc) is 3.01. The van der Waals surface area contributed by atoms with Crippen LogP contribution in [-0.2, 0) is 0 Å². The molecule has 3 rings (SSSR count). The van der Waals surface area contributed by atoms with Crippen molar-refractivity contribution in [3.05, 3.63) is 33.4 Å². The van der Waals surface area contributed by atoms with Gasteiger partial charge in [0, 0.05) is 15.7 Å². The number of halogens is 1. The molecule has 2 bridgehead atoms. The van der Waals surface area contributed by atoms with Crippen LogP contribution in [0.2, 0.25) is 0 Å². The molecular weight excluding hydrogens is 361 g/mol. The lowest BCUT2D eigenvalue weighted by molar-refractivity contribution is 0.0929. The molecule has 2 aliphatic rings. The number of fused-ring (bicyclic) bond motifs is 2. The molecule has 0 saturated heterocycles. The first-order valence-electron chi connectivity index (χ1n) is 7.59. The maximum atomic E-state index is 12.3. The van der Waals surface area contributed by atoms with Crippen LogP contribution in [0.3, 0.4) is 0 Å². The van der Waals surface area contributed by atoms with Gasteiger partial charge >= 0.3 is 0 Å². The Labute approximate surface area is 135 Å². The third kappa shape index (κ3) is 3.25. The van der Waals surface area contributed by atoms with Gasteiger partial charge in [0.1, 0.15) is 0 Å². The molecule has 3 atom stereocenters. The van der Waals surface area contributed by atoms with Gasteiger partial charge in [0.05, 0.1) is 6.54 Å². The van der Waals surface area contributed by atoms with Gasteiger partial charge in [-0.3, -0.25) is 9.69 Å². The van der Waals surface area contributed by atoms with Gasteiger partial charge in [-0.2, -0.15) is 0 Å². The molecule has 2 nitrogen and oxygen atoms in total. The largest absolute Gasteiger partial charge is 0.299 e. The number of benzene rings is 1. The molecule has 20 heavy (non-hydrogen) atoms. The summed E-state index contributed by atoms with van der Waals surface area (Å²) in [7, 11) is 2.09. The Balaban J connectivity index is 1.52. The molecule has 2 saturated carbocycles. The van der Waals surface area contributed by atoms with Crippen molar-refractivity contribution in [2.75, 3.05) is 20.1 Å². The van der Waals surface area contributed by atoms with Crippen LogP contribution in [0, 0.1) is 21.3 Å². The van der Waals surface area contributed by atoms with Crippen molar-refractivity contribution < 1.29 is 4.79 Å². The van der Waals surface area contributed by atoms with E-state index in [4.69, 9.17) is 0 Å². The second kappa shape index (κ2) is 6.14. The van der Waals surface area contributed by atoms with Crippen LogP contribution >= 0.6 is 22.6 Å². The van der Waals surface area contributed by atoms with Crippen molar-refractivity contribution in [1.29, 1.82) is 0 Å². The molecule has 0 aliphatic heterocycles. The number of hydrogen-bond acceptors (Lipinski definition) is 2. The zero-order valence-electron chi connectivity index (χ0n) is 12.0. The van der Waals surface area contributed by atoms with E-state index in [9.17, 15) is 4.79 Å². The molecule has 3 heteroatoms. The van der Waals surface area contributed by atoms with Gasteiger partial charge < -0.3 is 0 Å². The molecule has 0 radical (unpaired) electrons. The second-order valence-electron chi connectivity index (χ2n) is 6.56. The van der Waals surface area contributed by atoms with Crippen molar-refractivity contribution in [2.24, 2.45) is 17.8 Å². The highest BCUT2D eigenvalue weighted by Gasteiger charge is 2.39. The van der Waals surface area contributed by atoms with E-state index in [0.717, 1.165) is 29.9 Å². The van der Waals surface area contributed by atoms with Crippen LogP contribution in [0.25, 0.3) is 0 Å². The van der Waals surface area contributed by atoms with Crippen molar-refractivity contribution in [1.82, 2.24) is 4.90 Å². The van der Waals surface area contributed by atoms with E-state index in [1.165, 1.54) is 29.3 Å². The first-order chi connectivity index (χ1) is 9.61. The van der Waals surface area contributed by atoms with Crippen LogP contribution in [-0.4, -0.2) is 30.8 Å². The summed E-state index contributed by atoms with van der Waals surface area (Å²) in [6.07, 6.45) is 5.72. The number of carbonyl (C=O) groups excluding carboxylic acids is 1. The van der Waals surface area contributed by atoms with Crippen molar-refractivity contribution >= 4 is 28.4 Å². The Hall–Kier alpha value is -0.420. The number of nitrogens with zero attached hydrogens (tertiary/aromatic N) is 1. The Bertz CT molecular complexity index is 484. The average molecular weight is 383 g/mol. The summed E-state index contributed by atoms with van der Waals surface area (Å²) < 4.78 is 1.18. The van der Waals surface area contributed by atoms with E-state index in [0.29, 0.717) is 6.54 Å². The van der Waals surface area contributed by atoms with Crippen LogP contribution < -0.4 is 0 Å². The molecule has 0 heterocycles. The lowest BCUT2D eigenvalue weighted by Crippen LogP contribution is -2.32. The van der Waals surface area contributed by atoms with Gasteiger partial charge in [-0.15, -0.1) is 0 Å². The molecule has 108 valence electrons. The highest BCUT2D eigenvalue weighted by Crippen LogP contribution is 2.48. The number of rotatable bonds is 5. The molecule has 3 unspecified atom stereocenters. The number of ketones is 1. The van der Waals surface area contributed by atoms with Crippen molar-refractivity contribution in [3.63, 3.8) is 0 Å². The van der Waals surface area contributed by atoms with E-state index < -0.39 is 0 Å². The summed E-state index contributed by atoms with van der Waals surface area (Å²) in [6, 6.07) is 7.89. The molecule has 2 fully saturated rings. The van der Waals surface area contributed by atoms with Crippen molar-refractivity contribution in [3.8, 4) is 0 Å². The lowest BCUT2D eigenvalue weighted by atomic mass is 9.88. The maximum Gasteiger partial charge on any atom is 0.176 e. The quantitative estimate of drug-likeness (QED) is 0.569. The SMILES string of the molecule is CN(CC(=O)c1ccc(I)cc1)CC1CC2CCC1C2. The Morgan fingerprint density at radius 1 is 1.25 bits per heavy atom. The van der Waals surface area contributed by atoms with Crippen LogP contribution in [0.15, 0.2) is 24.3 Å². The number of hydrogen-bond donors (Lipinski definition) is 0. The zero-order valence-corrected chi connectivity index (χ0v) is 14.2. The Morgan fingerprint density at radius 3 is 2.60 bits per heavy atom. The minimum atomic E-state index is 0.243.